The molecule has 0 aliphatic heterocycles. The largest absolute Gasteiger partial charge is 0.451 e. The molecule has 5 atom stereocenters. The van der Waals surface area contributed by atoms with E-state index in [1.54, 1.807) is 18.7 Å². The van der Waals surface area contributed by atoms with Gasteiger partial charge in [0.15, 0.2) is 17.2 Å². The maximum absolute atomic E-state index is 13.2. The molecule has 0 saturated heterocycles. The van der Waals surface area contributed by atoms with Crippen LogP contribution >= 0.6 is 11.8 Å². The van der Waals surface area contributed by atoms with Gasteiger partial charge in [-0.25, -0.2) is 0 Å². The molecule has 34 heavy (non-hydrogen) atoms. The van der Waals surface area contributed by atoms with Crippen molar-refractivity contribution >= 4 is 29.3 Å². The van der Waals surface area contributed by atoms with Crippen LogP contribution in [0.15, 0.2) is 52.0 Å². The second kappa shape index (κ2) is 8.51. The van der Waals surface area contributed by atoms with Crippen molar-refractivity contribution in [3.8, 4) is 0 Å². The fraction of sp³-hybridized carbons (Fsp3) is 0.552. The van der Waals surface area contributed by atoms with Gasteiger partial charge in [0.1, 0.15) is 0 Å². The van der Waals surface area contributed by atoms with Gasteiger partial charge < -0.3 is 4.74 Å². The summed E-state index contributed by atoms with van der Waals surface area (Å²) in [5.41, 5.74) is 3.89. The predicted octanol–water partition coefficient (Wildman–Crippen LogP) is 6.20. The minimum absolute atomic E-state index is 0.0278. The third-order valence-electron chi connectivity index (χ3n) is 9.26. The molecule has 5 heteroatoms. The third kappa shape index (κ3) is 3.45. The molecule has 2 fully saturated rings. The van der Waals surface area contributed by atoms with Crippen LogP contribution in [0.2, 0.25) is 0 Å². The van der Waals surface area contributed by atoms with Crippen molar-refractivity contribution in [2.45, 2.75) is 82.1 Å². The first kappa shape index (κ1) is 23.6. The van der Waals surface area contributed by atoms with Gasteiger partial charge in [0, 0.05) is 29.6 Å². The van der Waals surface area contributed by atoms with E-state index in [2.05, 4.69) is 37.4 Å². The highest BCUT2D eigenvalue weighted by Crippen LogP contribution is 2.67. The minimum atomic E-state index is -1.06. The van der Waals surface area contributed by atoms with E-state index < -0.39 is 11.0 Å². The van der Waals surface area contributed by atoms with Crippen LogP contribution in [0.4, 0.5) is 0 Å². The van der Waals surface area contributed by atoms with Crippen LogP contribution in [0.1, 0.15) is 77.2 Å². The van der Waals surface area contributed by atoms with Crippen LogP contribution in [-0.2, 0) is 19.1 Å². The molecule has 1 aromatic carbocycles. The zero-order valence-electron chi connectivity index (χ0n) is 20.6. The van der Waals surface area contributed by atoms with Gasteiger partial charge in [-0.1, -0.05) is 24.6 Å². The molecule has 0 spiro atoms. The lowest BCUT2D eigenvalue weighted by Gasteiger charge is -2.55. The van der Waals surface area contributed by atoms with Crippen molar-refractivity contribution in [2.75, 3.05) is 6.26 Å². The van der Waals surface area contributed by atoms with Crippen LogP contribution in [0.5, 0.6) is 0 Å². The highest BCUT2D eigenvalue weighted by molar-refractivity contribution is 7.98. The fourth-order valence-corrected chi connectivity index (χ4v) is 8.25. The molecule has 2 saturated carbocycles. The number of thioether (sulfide) groups is 1. The predicted molar refractivity (Wildman–Crippen MR) is 134 cm³/mol. The first-order valence-corrected chi connectivity index (χ1v) is 13.7. The molecule has 4 aliphatic carbocycles. The first-order valence-electron chi connectivity index (χ1n) is 12.5. The second-order valence-electron chi connectivity index (χ2n) is 10.8. The number of allylic oxidation sites excluding steroid dienone is 4. The lowest BCUT2D eigenvalue weighted by Crippen LogP contribution is -2.57. The molecule has 1 aromatic rings. The molecule has 0 heterocycles. The van der Waals surface area contributed by atoms with Gasteiger partial charge in [0.2, 0.25) is 0 Å². The normalized spacial score (nSPS) is 34.6. The van der Waals surface area contributed by atoms with E-state index in [-0.39, 0.29) is 23.5 Å². The van der Waals surface area contributed by atoms with E-state index in [9.17, 15) is 14.4 Å². The average Bonchev–Trinajstić information content (AvgIpc) is 3.10. The third-order valence-corrected chi connectivity index (χ3v) is 10.0. The highest BCUT2D eigenvalue weighted by Gasteiger charge is 2.67. The summed E-state index contributed by atoms with van der Waals surface area (Å²) in [6.07, 6.45) is 9.55. The van der Waals surface area contributed by atoms with E-state index in [4.69, 9.17) is 4.74 Å². The Balaban J connectivity index is 1.69. The summed E-state index contributed by atoms with van der Waals surface area (Å²) in [7, 11) is 0. The summed E-state index contributed by atoms with van der Waals surface area (Å²) in [6, 6.07) is 8.81. The summed E-state index contributed by atoms with van der Waals surface area (Å²) in [6.45, 7) is 5.23. The van der Waals surface area contributed by atoms with Gasteiger partial charge in [-0.3, -0.25) is 14.4 Å². The number of esters is 1. The van der Waals surface area contributed by atoms with Crippen molar-refractivity contribution in [3.05, 3.63) is 52.6 Å². The van der Waals surface area contributed by atoms with E-state index in [1.807, 2.05) is 6.08 Å². The van der Waals surface area contributed by atoms with Crippen LogP contribution in [0, 0.1) is 17.3 Å². The Morgan fingerprint density at radius 2 is 1.79 bits per heavy atom. The number of carbonyl (C=O) groups excluding carboxylic acids is 3. The second-order valence-corrected chi connectivity index (χ2v) is 11.7. The Labute approximate surface area is 206 Å². The Hall–Kier alpha value is -2.14. The number of Topliss-reactive ketones (excluding diaryl/α,β-unsaturated/α-hetero) is 1. The molecule has 0 amide bonds. The summed E-state index contributed by atoms with van der Waals surface area (Å²) >= 11 is 1.73. The van der Waals surface area contributed by atoms with Crippen molar-refractivity contribution in [3.63, 3.8) is 0 Å². The number of ether oxygens (including phenoxy) is 1. The minimum Gasteiger partial charge on any atom is -0.451 e. The molecular weight excluding hydrogens is 444 g/mol. The van der Waals surface area contributed by atoms with Gasteiger partial charge in [0.25, 0.3) is 0 Å². The zero-order valence-corrected chi connectivity index (χ0v) is 21.4. The summed E-state index contributed by atoms with van der Waals surface area (Å²) in [4.78, 5) is 38.8. The lowest BCUT2D eigenvalue weighted by atomic mass is 9.50. The number of rotatable bonds is 4. The van der Waals surface area contributed by atoms with Crippen molar-refractivity contribution in [1.29, 1.82) is 0 Å². The zero-order chi connectivity index (χ0) is 24.3. The fourth-order valence-electron chi connectivity index (χ4n) is 7.85. The number of carbonyl (C=O) groups is 3. The molecule has 4 aliphatic rings. The van der Waals surface area contributed by atoms with E-state index in [1.165, 1.54) is 34.1 Å². The van der Waals surface area contributed by atoms with Crippen LogP contribution in [-0.4, -0.2) is 29.4 Å². The van der Waals surface area contributed by atoms with Gasteiger partial charge >= 0.3 is 5.97 Å². The van der Waals surface area contributed by atoms with Crippen LogP contribution in [0.3, 0.4) is 0 Å². The van der Waals surface area contributed by atoms with Crippen molar-refractivity contribution in [2.24, 2.45) is 17.3 Å². The average molecular weight is 479 g/mol. The van der Waals surface area contributed by atoms with Gasteiger partial charge in [-0.05, 0) is 98.5 Å². The monoisotopic (exact) mass is 478 g/mol. The van der Waals surface area contributed by atoms with Crippen molar-refractivity contribution in [1.82, 2.24) is 0 Å². The Morgan fingerprint density at radius 1 is 1.06 bits per heavy atom. The maximum atomic E-state index is 13.2. The Kier molecular flexibility index (Phi) is 5.91. The number of benzene rings is 1. The number of hydrogen-bond acceptors (Lipinski definition) is 5. The quantitative estimate of drug-likeness (QED) is 0.381. The van der Waals surface area contributed by atoms with Crippen LogP contribution < -0.4 is 0 Å². The summed E-state index contributed by atoms with van der Waals surface area (Å²) in [5.74, 6) is 0.633. The standard InChI is InChI=1S/C29H34O4S/c1-17(30)29(33-18(2)31)14-13-26-24-11-7-20-15-21(32)8-12-23(20)27(24)25(16-28(26,29)3)19-5-9-22(34-4)10-6-19/h5-6,9-10,15,24-26H,7-8,11-14,16H2,1-4H3/t24?,25-,26?,28+,29+/m1/s1. The molecule has 0 N–H and O–H groups in total. The van der Waals surface area contributed by atoms with Crippen LogP contribution in [0.25, 0.3) is 0 Å². The van der Waals surface area contributed by atoms with E-state index in [0.717, 1.165) is 32.1 Å². The van der Waals surface area contributed by atoms with Gasteiger partial charge in [-0.2, -0.15) is 0 Å². The SMILES string of the molecule is CSc1ccc([C@H]2C[C@@]3(C)C(CC[C@]3(OC(C)=O)C(C)=O)C3CCC4=CC(=O)CCC4=C32)cc1. The maximum Gasteiger partial charge on any atom is 0.303 e. The van der Waals surface area contributed by atoms with Crippen molar-refractivity contribution < 1.29 is 19.1 Å². The number of fused-ring (bicyclic) bond motifs is 4. The smallest absolute Gasteiger partial charge is 0.303 e. The molecule has 5 rings (SSSR count). The molecule has 2 unspecified atom stereocenters. The molecule has 0 bridgehead atoms. The van der Waals surface area contributed by atoms with E-state index >= 15 is 0 Å². The van der Waals surface area contributed by atoms with Gasteiger partial charge in [0.05, 0.1) is 0 Å². The summed E-state index contributed by atoms with van der Waals surface area (Å²) < 4.78 is 5.99. The molecule has 4 nitrogen and oxygen atoms in total. The Bertz CT molecular complexity index is 1110. The molecule has 180 valence electrons. The Morgan fingerprint density at radius 3 is 2.44 bits per heavy atom. The lowest BCUT2D eigenvalue weighted by molar-refractivity contribution is -0.182. The molecule has 0 aromatic heterocycles. The number of hydrogen-bond donors (Lipinski definition) is 0. The topological polar surface area (TPSA) is 60.4 Å². The van der Waals surface area contributed by atoms with E-state index in [0.29, 0.717) is 24.7 Å². The number of ketones is 2. The first-order chi connectivity index (χ1) is 16.2. The molecule has 0 radical (unpaired) electrons. The molecular formula is C29H34O4S. The summed E-state index contributed by atoms with van der Waals surface area (Å²) in [5, 5.41) is 0. The highest BCUT2D eigenvalue weighted by atomic mass is 32.2. The van der Waals surface area contributed by atoms with Gasteiger partial charge in [-0.15, -0.1) is 11.8 Å².